The fraction of sp³-hybridized carbons (Fsp3) is 0.304. The van der Waals surface area contributed by atoms with E-state index in [0.717, 1.165) is 5.56 Å². The van der Waals surface area contributed by atoms with Crippen molar-refractivity contribution in [2.75, 3.05) is 26.7 Å². The summed E-state index contributed by atoms with van der Waals surface area (Å²) in [4.78, 5) is 33.0. The van der Waals surface area contributed by atoms with Crippen molar-refractivity contribution in [3.8, 4) is 6.07 Å². The van der Waals surface area contributed by atoms with Gasteiger partial charge in [0, 0.05) is 7.05 Å². The van der Waals surface area contributed by atoms with Gasteiger partial charge in [0.15, 0.2) is 0 Å². The largest absolute Gasteiger partial charge is 0.396 e. The number of carbonyl (C=O) groups excluding carboxylic acids is 3. The van der Waals surface area contributed by atoms with E-state index in [1.165, 1.54) is 19.5 Å². The molecular formula is C23H30N4O4. The molecule has 166 valence electrons. The number of nitriles is 1. The summed E-state index contributed by atoms with van der Waals surface area (Å²) in [6.07, 6.45) is 0. The van der Waals surface area contributed by atoms with Crippen LogP contribution in [0.25, 0.3) is 0 Å². The van der Waals surface area contributed by atoms with Crippen LogP contribution in [0.2, 0.25) is 0 Å². The third-order valence-electron chi connectivity index (χ3n) is 3.72. The highest BCUT2D eigenvalue weighted by Gasteiger charge is 2.12. The lowest BCUT2D eigenvalue weighted by atomic mass is 10.2. The topological polar surface area (TPSA) is 131 Å². The van der Waals surface area contributed by atoms with E-state index in [9.17, 15) is 14.4 Å². The standard InChI is InChI=1S/C9H17N3O4.C8H7N.C6H6/c1-6(5-13)9(16)12-4-8(15)11-3-7(14)10-2;1-7-2-4-8(6-9)5-3-7;1-2-4-6-5-3-1/h6,13H,3-5H2,1-2H3,(H,10,14)(H,11,15)(H,12,16);2-5H,1H3;1-6H. The Morgan fingerprint density at radius 1 is 0.935 bits per heavy atom. The van der Waals surface area contributed by atoms with Crippen molar-refractivity contribution in [2.24, 2.45) is 5.92 Å². The first kappa shape index (κ1) is 27.3. The van der Waals surface area contributed by atoms with Crippen molar-refractivity contribution >= 4 is 17.7 Å². The number of rotatable bonds is 6. The highest BCUT2D eigenvalue weighted by atomic mass is 16.3. The second-order valence-electron chi connectivity index (χ2n) is 6.38. The number of aryl methyl sites for hydroxylation is 1. The van der Waals surface area contributed by atoms with Gasteiger partial charge in [0.1, 0.15) is 0 Å². The maximum absolute atomic E-state index is 11.1. The van der Waals surface area contributed by atoms with Gasteiger partial charge in [-0.1, -0.05) is 61.0 Å². The van der Waals surface area contributed by atoms with E-state index in [-0.39, 0.29) is 25.6 Å². The Hall–Kier alpha value is -3.70. The summed E-state index contributed by atoms with van der Waals surface area (Å²) in [7, 11) is 1.46. The molecule has 0 heterocycles. The van der Waals surface area contributed by atoms with Gasteiger partial charge < -0.3 is 21.1 Å². The fourth-order valence-electron chi connectivity index (χ4n) is 1.77. The molecule has 0 spiro atoms. The van der Waals surface area contributed by atoms with Crippen molar-refractivity contribution in [3.63, 3.8) is 0 Å². The van der Waals surface area contributed by atoms with Gasteiger partial charge in [-0.2, -0.15) is 5.26 Å². The minimum atomic E-state index is -0.549. The van der Waals surface area contributed by atoms with E-state index in [1.54, 1.807) is 0 Å². The zero-order valence-electron chi connectivity index (χ0n) is 18.1. The van der Waals surface area contributed by atoms with E-state index >= 15 is 0 Å². The summed E-state index contributed by atoms with van der Waals surface area (Å²) in [6.45, 7) is 2.94. The first-order chi connectivity index (χ1) is 14.8. The Labute approximate surface area is 183 Å². The van der Waals surface area contributed by atoms with Crippen LogP contribution in [-0.2, 0) is 14.4 Å². The quantitative estimate of drug-likeness (QED) is 0.550. The molecule has 2 aromatic carbocycles. The van der Waals surface area contributed by atoms with E-state index in [2.05, 4.69) is 22.0 Å². The van der Waals surface area contributed by atoms with Gasteiger partial charge in [-0.15, -0.1) is 0 Å². The molecule has 0 aliphatic rings. The number of nitrogens with zero attached hydrogens (tertiary/aromatic N) is 1. The second kappa shape index (κ2) is 17.2. The van der Waals surface area contributed by atoms with Gasteiger partial charge in [-0.3, -0.25) is 14.4 Å². The van der Waals surface area contributed by atoms with Crippen LogP contribution in [0.15, 0.2) is 60.7 Å². The predicted octanol–water partition coefficient (Wildman–Crippen LogP) is 1.15. The molecule has 0 aromatic heterocycles. The lowest BCUT2D eigenvalue weighted by Crippen LogP contribution is -2.42. The first-order valence-electron chi connectivity index (χ1n) is 9.66. The summed E-state index contributed by atoms with van der Waals surface area (Å²) in [5, 5.41) is 24.0. The lowest BCUT2D eigenvalue weighted by molar-refractivity contribution is -0.129. The van der Waals surface area contributed by atoms with Gasteiger partial charge >= 0.3 is 0 Å². The Kier molecular flexibility index (Phi) is 15.1. The fourth-order valence-corrected chi connectivity index (χ4v) is 1.77. The average molecular weight is 427 g/mol. The van der Waals surface area contributed by atoms with Crippen molar-refractivity contribution in [1.82, 2.24) is 16.0 Å². The third-order valence-corrected chi connectivity index (χ3v) is 3.72. The van der Waals surface area contributed by atoms with Gasteiger partial charge in [0.25, 0.3) is 0 Å². The molecule has 0 bridgehead atoms. The normalized spacial score (nSPS) is 9.90. The SMILES string of the molecule is CNC(=O)CNC(=O)CNC(=O)C(C)CO.Cc1ccc(C#N)cc1.c1ccccc1. The number of benzene rings is 2. The number of carbonyl (C=O) groups is 3. The zero-order valence-corrected chi connectivity index (χ0v) is 18.1. The van der Waals surface area contributed by atoms with Crippen LogP contribution in [-0.4, -0.2) is 49.6 Å². The molecule has 8 nitrogen and oxygen atoms in total. The van der Waals surface area contributed by atoms with E-state index in [0.29, 0.717) is 0 Å². The molecule has 0 saturated carbocycles. The minimum Gasteiger partial charge on any atom is -0.396 e. The number of hydrogen-bond acceptors (Lipinski definition) is 5. The maximum Gasteiger partial charge on any atom is 0.239 e. The van der Waals surface area contributed by atoms with Crippen LogP contribution in [0.5, 0.6) is 0 Å². The Bertz CT molecular complexity index is 791. The van der Waals surface area contributed by atoms with E-state index in [1.807, 2.05) is 67.6 Å². The molecule has 2 aromatic rings. The van der Waals surface area contributed by atoms with Crippen LogP contribution in [0.1, 0.15) is 18.1 Å². The van der Waals surface area contributed by atoms with Crippen LogP contribution >= 0.6 is 0 Å². The van der Waals surface area contributed by atoms with Gasteiger partial charge in [-0.05, 0) is 19.1 Å². The molecule has 0 radical (unpaired) electrons. The molecule has 0 aliphatic heterocycles. The zero-order chi connectivity index (χ0) is 23.5. The summed E-state index contributed by atoms with van der Waals surface area (Å²) in [6, 6.07) is 21.5. The molecule has 0 aliphatic carbocycles. The highest BCUT2D eigenvalue weighted by molar-refractivity contribution is 5.88. The van der Waals surface area contributed by atoms with Gasteiger partial charge in [0.2, 0.25) is 17.7 Å². The first-order valence-corrected chi connectivity index (χ1v) is 9.66. The highest BCUT2D eigenvalue weighted by Crippen LogP contribution is 1.99. The molecular weight excluding hydrogens is 396 g/mol. The van der Waals surface area contributed by atoms with Crippen LogP contribution < -0.4 is 16.0 Å². The van der Waals surface area contributed by atoms with Crippen molar-refractivity contribution in [3.05, 3.63) is 71.8 Å². The Morgan fingerprint density at radius 3 is 1.84 bits per heavy atom. The predicted molar refractivity (Wildman–Crippen MR) is 119 cm³/mol. The van der Waals surface area contributed by atoms with Crippen LogP contribution in [0.3, 0.4) is 0 Å². The van der Waals surface area contributed by atoms with Gasteiger partial charge in [0.05, 0.1) is 37.2 Å². The number of hydrogen-bond donors (Lipinski definition) is 4. The molecule has 0 fully saturated rings. The molecule has 1 atom stereocenters. The average Bonchev–Trinajstić information content (AvgIpc) is 2.82. The van der Waals surface area contributed by atoms with Crippen molar-refractivity contribution < 1.29 is 19.5 Å². The van der Waals surface area contributed by atoms with Crippen molar-refractivity contribution in [2.45, 2.75) is 13.8 Å². The number of aliphatic hydroxyl groups excluding tert-OH is 1. The molecule has 3 amide bonds. The van der Waals surface area contributed by atoms with E-state index < -0.39 is 17.7 Å². The number of amides is 3. The molecule has 0 saturated heterocycles. The molecule has 31 heavy (non-hydrogen) atoms. The number of likely N-dealkylation sites (N-methyl/N-ethyl adjacent to an activating group) is 1. The van der Waals surface area contributed by atoms with Crippen molar-refractivity contribution in [1.29, 1.82) is 5.26 Å². The molecule has 2 rings (SSSR count). The number of aliphatic hydroxyl groups is 1. The smallest absolute Gasteiger partial charge is 0.239 e. The van der Waals surface area contributed by atoms with Crippen LogP contribution in [0, 0.1) is 24.2 Å². The van der Waals surface area contributed by atoms with Crippen LogP contribution in [0.4, 0.5) is 0 Å². The Balaban J connectivity index is 0.000000495. The maximum atomic E-state index is 11.1. The Morgan fingerprint density at radius 2 is 1.42 bits per heavy atom. The van der Waals surface area contributed by atoms with E-state index in [4.69, 9.17) is 10.4 Å². The number of nitrogens with one attached hydrogen (secondary N) is 3. The van der Waals surface area contributed by atoms with Gasteiger partial charge in [-0.25, -0.2) is 0 Å². The summed E-state index contributed by atoms with van der Waals surface area (Å²) < 4.78 is 0. The lowest BCUT2D eigenvalue weighted by Gasteiger charge is -2.09. The molecule has 8 heteroatoms. The third kappa shape index (κ3) is 14.9. The minimum absolute atomic E-state index is 0.124. The second-order valence-corrected chi connectivity index (χ2v) is 6.38. The summed E-state index contributed by atoms with van der Waals surface area (Å²) in [5.74, 6) is -1.73. The molecule has 1 unspecified atom stereocenters. The summed E-state index contributed by atoms with van der Waals surface area (Å²) >= 11 is 0. The monoisotopic (exact) mass is 426 g/mol. The molecule has 4 N–H and O–H groups in total. The summed E-state index contributed by atoms with van der Waals surface area (Å²) in [5.41, 5.74) is 1.91.